The molecule has 0 aromatic rings. The number of allylic oxidation sites excluding steroid dienone is 2. The molecule has 128 valence electrons. The van der Waals surface area contributed by atoms with Crippen LogP contribution in [0.3, 0.4) is 0 Å². The van der Waals surface area contributed by atoms with Crippen LogP contribution in [0.2, 0.25) is 0 Å². The molecule has 0 amide bonds. The number of carbonyl (C=O) groups is 2. The van der Waals surface area contributed by atoms with Crippen LogP contribution >= 0.6 is 0 Å². The SMILES string of the molecule is CCCCCCCC/C=C\CCCCCCCC(=O)C(C)=O. The molecule has 22 heavy (non-hydrogen) atoms. The van der Waals surface area contributed by atoms with Gasteiger partial charge in [0.2, 0.25) is 0 Å². The van der Waals surface area contributed by atoms with Crippen molar-refractivity contribution in [3.8, 4) is 0 Å². The fraction of sp³-hybridized carbons (Fsp3) is 0.800. The van der Waals surface area contributed by atoms with Gasteiger partial charge in [0.1, 0.15) is 0 Å². The molecule has 0 fully saturated rings. The summed E-state index contributed by atoms with van der Waals surface area (Å²) in [5.41, 5.74) is 0. The lowest BCUT2D eigenvalue weighted by Gasteiger charge is -1.99. The van der Waals surface area contributed by atoms with E-state index in [-0.39, 0.29) is 11.6 Å². The van der Waals surface area contributed by atoms with Gasteiger partial charge in [0.15, 0.2) is 11.6 Å². The van der Waals surface area contributed by atoms with Crippen molar-refractivity contribution < 1.29 is 9.59 Å². The van der Waals surface area contributed by atoms with Gasteiger partial charge in [-0.15, -0.1) is 0 Å². The Bertz CT molecular complexity index is 305. The molecule has 0 bridgehead atoms. The maximum atomic E-state index is 11.1. The zero-order valence-electron chi connectivity index (χ0n) is 14.9. The summed E-state index contributed by atoms with van der Waals surface area (Å²) in [7, 11) is 0. The summed E-state index contributed by atoms with van der Waals surface area (Å²) in [6.07, 6.45) is 21.3. The fourth-order valence-corrected chi connectivity index (χ4v) is 2.53. The predicted molar refractivity (Wildman–Crippen MR) is 95.1 cm³/mol. The van der Waals surface area contributed by atoms with Crippen molar-refractivity contribution in [3.63, 3.8) is 0 Å². The number of rotatable bonds is 16. The Morgan fingerprint density at radius 1 is 0.682 bits per heavy atom. The number of unbranched alkanes of at least 4 members (excludes halogenated alkanes) is 11. The third-order valence-corrected chi connectivity index (χ3v) is 4.06. The standard InChI is InChI=1S/C20H36O2/c1-3-4-5-6-7-8-9-10-11-12-13-14-15-16-17-18-20(22)19(2)21/h10-11H,3-9,12-18H2,1-2H3/b11-10-. The summed E-state index contributed by atoms with van der Waals surface area (Å²) in [5, 5.41) is 0. The van der Waals surface area contributed by atoms with E-state index in [1.165, 1.54) is 77.6 Å². The maximum Gasteiger partial charge on any atom is 0.198 e. The minimum atomic E-state index is -0.296. The fourth-order valence-electron chi connectivity index (χ4n) is 2.53. The van der Waals surface area contributed by atoms with Gasteiger partial charge in [-0.2, -0.15) is 0 Å². The first kappa shape index (κ1) is 21.1. The van der Waals surface area contributed by atoms with Crippen molar-refractivity contribution in [2.45, 2.75) is 104 Å². The lowest BCUT2D eigenvalue weighted by Crippen LogP contribution is -2.08. The van der Waals surface area contributed by atoms with Gasteiger partial charge in [-0.05, 0) is 32.1 Å². The zero-order chi connectivity index (χ0) is 16.5. The van der Waals surface area contributed by atoms with Gasteiger partial charge in [0.25, 0.3) is 0 Å². The molecule has 0 N–H and O–H groups in total. The number of hydrogen-bond donors (Lipinski definition) is 0. The monoisotopic (exact) mass is 308 g/mol. The first-order chi connectivity index (χ1) is 10.7. The molecule has 0 atom stereocenters. The number of hydrogen-bond acceptors (Lipinski definition) is 2. The van der Waals surface area contributed by atoms with Crippen LogP contribution in [0.5, 0.6) is 0 Å². The quantitative estimate of drug-likeness (QED) is 0.194. The smallest absolute Gasteiger partial charge is 0.198 e. The molecular weight excluding hydrogens is 272 g/mol. The van der Waals surface area contributed by atoms with E-state index in [1.807, 2.05) is 0 Å². The molecule has 0 spiro atoms. The van der Waals surface area contributed by atoms with E-state index in [0.717, 1.165) is 12.8 Å². The van der Waals surface area contributed by atoms with Crippen LogP contribution in [0.1, 0.15) is 104 Å². The summed E-state index contributed by atoms with van der Waals surface area (Å²) in [6.45, 7) is 3.62. The van der Waals surface area contributed by atoms with Crippen LogP contribution < -0.4 is 0 Å². The first-order valence-electron chi connectivity index (χ1n) is 9.37. The molecule has 2 nitrogen and oxygen atoms in total. The number of Topliss-reactive ketones (excluding diaryl/α,β-unsaturated/α-hetero) is 2. The minimum Gasteiger partial charge on any atom is -0.291 e. The lowest BCUT2D eigenvalue weighted by molar-refractivity contribution is -0.135. The highest BCUT2D eigenvalue weighted by Gasteiger charge is 2.05. The van der Waals surface area contributed by atoms with Gasteiger partial charge in [-0.25, -0.2) is 0 Å². The predicted octanol–water partition coefficient (Wildman–Crippen LogP) is 6.18. The van der Waals surface area contributed by atoms with Crippen LogP contribution in [0.15, 0.2) is 12.2 Å². The molecule has 2 heteroatoms. The minimum absolute atomic E-state index is 0.211. The molecule has 0 aliphatic carbocycles. The Balaban J connectivity index is 3.17. The van der Waals surface area contributed by atoms with E-state index in [9.17, 15) is 9.59 Å². The average Bonchev–Trinajstić information content (AvgIpc) is 2.50. The van der Waals surface area contributed by atoms with E-state index in [0.29, 0.717) is 6.42 Å². The molecular formula is C20H36O2. The van der Waals surface area contributed by atoms with Gasteiger partial charge < -0.3 is 0 Å². The third-order valence-electron chi connectivity index (χ3n) is 4.06. The normalized spacial score (nSPS) is 11.2. The van der Waals surface area contributed by atoms with E-state index in [1.54, 1.807) is 0 Å². The highest BCUT2D eigenvalue weighted by Crippen LogP contribution is 2.10. The average molecular weight is 309 g/mol. The number of ketones is 2. The third kappa shape index (κ3) is 15.5. The highest BCUT2D eigenvalue weighted by atomic mass is 16.2. The van der Waals surface area contributed by atoms with E-state index >= 15 is 0 Å². The summed E-state index contributed by atoms with van der Waals surface area (Å²) in [5.74, 6) is -0.506. The molecule has 0 heterocycles. The van der Waals surface area contributed by atoms with E-state index in [4.69, 9.17) is 0 Å². The van der Waals surface area contributed by atoms with Gasteiger partial charge in [-0.1, -0.05) is 70.4 Å². The van der Waals surface area contributed by atoms with E-state index in [2.05, 4.69) is 19.1 Å². The summed E-state index contributed by atoms with van der Waals surface area (Å²) in [4.78, 5) is 21.9. The molecule has 0 unspecified atom stereocenters. The molecule has 0 aliphatic heterocycles. The van der Waals surface area contributed by atoms with Gasteiger partial charge in [0.05, 0.1) is 0 Å². The largest absolute Gasteiger partial charge is 0.291 e. The van der Waals surface area contributed by atoms with Crippen molar-refractivity contribution in [3.05, 3.63) is 12.2 Å². The summed E-state index contributed by atoms with van der Waals surface area (Å²) >= 11 is 0. The van der Waals surface area contributed by atoms with Gasteiger partial charge in [0, 0.05) is 13.3 Å². The second-order valence-electron chi connectivity index (χ2n) is 6.31. The molecule has 0 saturated heterocycles. The van der Waals surface area contributed by atoms with Gasteiger partial charge >= 0.3 is 0 Å². The Hall–Kier alpha value is -0.920. The summed E-state index contributed by atoms with van der Waals surface area (Å²) in [6, 6.07) is 0. The molecule has 0 saturated carbocycles. The van der Waals surface area contributed by atoms with E-state index < -0.39 is 0 Å². The molecule has 0 radical (unpaired) electrons. The second-order valence-corrected chi connectivity index (χ2v) is 6.31. The van der Waals surface area contributed by atoms with Crippen LogP contribution in [-0.4, -0.2) is 11.6 Å². The van der Waals surface area contributed by atoms with Crippen molar-refractivity contribution in [2.75, 3.05) is 0 Å². The van der Waals surface area contributed by atoms with Crippen molar-refractivity contribution in [1.29, 1.82) is 0 Å². The topological polar surface area (TPSA) is 34.1 Å². The van der Waals surface area contributed by atoms with Crippen LogP contribution in [0.25, 0.3) is 0 Å². The first-order valence-corrected chi connectivity index (χ1v) is 9.37. The maximum absolute atomic E-state index is 11.1. The summed E-state index contributed by atoms with van der Waals surface area (Å²) < 4.78 is 0. The van der Waals surface area contributed by atoms with Crippen LogP contribution in [0, 0.1) is 0 Å². The molecule has 0 rings (SSSR count). The number of carbonyl (C=O) groups excluding carboxylic acids is 2. The molecule has 0 aromatic carbocycles. The van der Waals surface area contributed by atoms with Crippen LogP contribution in [-0.2, 0) is 9.59 Å². The second kappa shape index (κ2) is 16.5. The Labute approximate surface area is 137 Å². The Morgan fingerprint density at radius 3 is 1.64 bits per heavy atom. The molecule has 0 aromatic heterocycles. The highest BCUT2D eigenvalue weighted by molar-refractivity contribution is 6.36. The van der Waals surface area contributed by atoms with Crippen molar-refractivity contribution in [2.24, 2.45) is 0 Å². The van der Waals surface area contributed by atoms with Gasteiger partial charge in [-0.3, -0.25) is 9.59 Å². The lowest BCUT2D eigenvalue weighted by atomic mass is 10.1. The zero-order valence-corrected chi connectivity index (χ0v) is 14.9. The van der Waals surface area contributed by atoms with Crippen molar-refractivity contribution in [1.82, 2.24) is 0 Å². The van der Waals surface area contributed by atoms with Crippen LogP contribution in [0.4, 0.5) is 0 Å². The molecule has 0 aliphatic rings. The van der Waals surface area contributed by atoms with Crippen molar-refractivity contribution >= 4 is 11.6 Å². The Kier molecular flexibility index (Phi) is 15.8. The Morgan fingerprint density at radius 2 is 1.14 bits per heavy atom.